The lowest BCUT2D eigenvalue weighted by Gasteiger charge is -2.07. The minimum absolute atomic E-state index is 0.00714. The third-order valence-corrected chi connectivity index (χ3v) is 5.37. The number of hydrogen-bond donors (Lipinski definition) is 0. The average Bonchev–Trinajstić information content (AvgIpc) is 2.94. The molecule has 0 aliphatic carbocycles. The van der Waals surface area contributed by atoms with Crippen LogP contribution in [0.4, 0.5) is 4.39 Å². The van der Waals surface area contributed by atoms with E-state index in [1.165, 1.54) is 24.4 Å². The van der Waals surface area contributed by atoms with E-state index in [2.05, 4.69) is 0 Å². The smallest absolute Gasteiger partial charge is 0.313 e. The summed E-state index contributed by atoms with van der Waals surface area (Å²) in [7, 11) is -3.91. The minimum atomic E-state index is -3.91. The van der Waals surface area contributed by atoms with Gasteiger partial charge in [0.15, 0.2) is 5.75 Å². The predicted molar refractivity (Wildman–Crippen MR) is 91.4 cm³/mol. The molecule has 1 heterocycles. The number of halogens is 1. The van der Waals surface area contributed by atoms with E-state index in [-0.39, 0.29) is 21.5 Å². The number of benzene rings is 2. The van der Waals surface area contributed by atoms with E-state index in [1.807, 2.05) is 0 Å². The molecule has 2 aromatic carbocycles. The molecule has 7 heteroatoms. The zero-order valence-electron chi connectivity index (χ0n) is 13.6. The van der Waals surface area contributed by atoms with Crippen molar-refractivity contribution >= 4 is 26.9 Å². The molecule has 0 bridgehead atoms. The molecule has 0 spiro atoms. The normalized spacial score (nSPS) is 11.8. The Kier molecular flexibility index (Phi) is 4.34. The zero-order chi connectivity index (χ0) is 18.2. The van der Waals surface area contributed by atoms with E-state index < -0.39 is 27.7 Å². The Hall–Kier alpha value is -2.67. The molecule has 0 saturated heterocycles. The van der Waals surface area contributed by atoms with E-state index in [4.69, 9.17) is 4.74 Å². The second-order valence-electron chi connectivity index (χ2n) is 5.84. The van der Waals surface area contributed by atoms with E-state index >= 15 is 0 Å². The van der Waals surface area contributed by atoms with Crippen LogP contribution in [0, 0.1) is 11.7 Å². The molecule has 0 atom stereocenters. The van der Waals surface area contributed by atoms with Gasteiger partial charge in [0.2, 0.25) is 0 Å². The van der Waals surface area contributed by atoms with Crippen LogP contribution >= 0.6 is 0 Å². The molecule has 25 heavy (non-hydrogen) atoms. The molecule has 0 aliphatic heterocycles. The zero-order valence-corrected chi connectivity index (χ0v) is 14.5. The molecule has 0 amide bonds. The van der Waals surface area contributed by atoms with Crippen LogP contribution in [-0.4, -0.2) is 18.4 Å². The van der Waals surface area contributed by atoms with Gasteiger partial charge in [0, 0.05) is 5.39 Å². The molecule has 5 nitrogen and oxygen atoms in total. The molecule has 0 saturated carbocycles. The van der Waals surface area contributed by atoms with Gasteiger partial charge in [-0.1, -0.05) is 32.0 Å². The highest BCUT2D eigenvalue weighted by atomic mass is 32.2. The molecular formula is C18H16FNO4S. The summed E-state index contributed by atoms with van der Waals surface area (Å²) in [4.78, 5) is 12.0. The van der Waals surface area contributed by atoms with Crippen LogP contribution < -0.4 is 4.74 Å². The third-order valence-electron chi connectivity index (χ3n) is 3.68. The van der Waals surface area contributed by atoms with Gasteiger partial charge in [0.25, 0.3) is 10.0 Å². The van der Waals surface area contributed by atoms with Crippen molar-refractivity contribution in [2.24, 2.45) is 5.92 Å². The topological polar surface area (TPSA) is 65.4 Å². The Morgan fingerprint density at radius 2 is 1.80 bits per heavy atom. The lowest BCUT2D eigenvalue weighted by atomic mass is 10.2. The maximum absolute atomic E-state index is 13.6. The van der Waals surface area contributed by atoms with Crippen LogP contribution in [0.15, 0.2) is 59.6 Å². The molecule has 1 aromatic heterocycles. The third kappa shape index (κ3) is 3.15. The molecule has 3 rings (SSSR count). The summed E-state index contributed by atoms with van der Waals surface area (Å²) in [5.74, 6) is -1.48. The summed E-state index contributed by atoms with van der Waals surface area (Å²) in [5, 5.41) is 0.216. The summed E-state index contributed by atoms with van der Waals surface area (Å²) in [6, 6.07) is 11.5. The highest BCUT2D eigenvalue weighted by molar-refractivity contribution is 7.90. The highest BCUT2D eigenvalue weighted by Crippen LogP contribution is 2.32. The first-order valence-corrected chi connectivity index (χ1v) is 9.07. The van der Waals surface area contributed by atoms with Crippen LogP contribution in [0.2, 0.25) is 0 Å². The van der Waals surface area contributed by atoms with Crippen LogP contribution in [0.3, 0.4) is 0 Å². The van der Waals surface area contributed by atoms with Crippen molar-refractivity contribution in [2.45, 2.75) is 18.7 Å². The van der Waals surface area contributed by atoms with Crippen molar-refractivity contribution in [3.63, 3.8) is 0 Å². The Balaban J connectivity index is 2.21. The molecular weight excluding hydrogens is 345 g/mol. The summed E-state index contributed by atoms with van der Waals surface area (Å²) >= 11 is 0. The maximum Gasteiger partial charge on any atom is 0.313 e. The number of hydrogen-bond acceptors (Lipinski definition) is 4. The molecule has 0 unspecified atom stereocenters. The van der Waals surface area contributed by atoms with Gasteiger partial charge in [-0.25, -0.2) is 16.8 Å². The molecule has 0 fully saturated rings. The van der Waals surface area contributed by atoms with Crippen LogP contribution in [0.1, 0.15) is 13.8 Å². The van der Waals surface area contributed by atoms with Crippen molar-refractivity contribution in [2.75, 3.05) is 0 Å². The molecule has 0 aliphatic rings. The van der Waals surface area contributed by atoms with Gasteiger partial charge in [0.05, 0.1) is 22.5 Å². The molecule has 0 radical (unpaired) electrons. The lowest BCUT2D eigenvalue weighted by molar-refractivity contribution is -0.137. The summed E-state index contributed by atoms with van der Waals surface area (Å²) in [5.41, 5.74) is 0.233. The number of aromatic nitrogens is 1. The average molecular weight is 361 g/mol. The number of carbonyl (C=O) groups is 1. The van der Waals surface area contributed by atoms with Gasteiger partial charge < -0.3 is 4.74 Å². The summed E-state index contributed by atoms with van der Waals surface area (Å²) in [6.45, 7) is 3.31. The molecule has 3 aromatic rings. The van der Waals surface area contributed by atoms with E-state index in [0.29, 0.717) is 0 Å². The van der Waals surface area contributed by atoms with E-state index in [1.54, 1.807) is 32.0 Å². The summed E-state index contributed by atoms with van der Waals surface area (Å²) < 4.78 is 45.7. The van der Waals surface area contributed by atoms with Crippen LogP contribution in [0.25, 0.3) is 10.9 Å². The number of rotatable bonds is 4. The molecule has 130 valence electrons. The highest BCUT2D eigenvalue weighted by Gasteiger charge is 2.23. The minimum Gasteiger partial charge on any atom is -0.424 e. The fourth-order valence-corrected chi connectivity index (χ4v) is 3.74. The quantitative estimate of drug-likeness (QED) is 0.666. The summed E-state index contributed by atoms with van der Waals surface area (Å²) in [6.07, 6.45) is 1.20. The largest absolute Gasteiger partial charge is 0.424 e. The van der Waals surface area contributed by atoms with Gasteiger partial charge >= 0.3 is 5.97 Å². The fraction of sp³-hybridized carbons (Fsp3) is 0.167. The van der Waals surface area contributed by atoms with Crippen molar-refractivity contribution in [1.29, 1.82) is 0 Å². The Morgan fingerprint density at radius 1 is 1.12 bits per heavy atom. The van der Waals surface area contributed by atoms with Crippen molar-refractivity contribution in [3.8, 4) is 5.75 Å². The number of ether oxygens (including phenoxy) is 1. The number of esters is 1. The van der Waals surface area contributed by atoms with Gasteiger partial charge in [-0.15, -0.1) is 0 Å². The van der Waals surface area contributed by atoms with Gasteiger partial charge in [-0.05, 0) is 30.3 Å². The first kappa shape index (κ1) is 17.2. The first-order valence-electron chi connectivity index (χ1n) is 7.63. The maximum atomic E-state index is 13.6. The predicted octanol–water partition coefficient (Wildman–Crippen LogP) is 3.58. The number of carbonyl (C=O) groups excluding carboxylic acids is 1. The Morgan fingerprint density at radius 3 is 2.44 bits per heavy atom. The number of nitrogens with zero attached hydrogens (tertiary/aromatic N) is 1. The second-order valence-corrected chi connectivity index (χ2v) is 7.66. The number of fused-ring (bicyclic) bond motifs is 1. The van der Waals surface area contributed by atoms with Gasteiger partial charge in [-0.2, -0.15) is 0 Å². The standard InChI is InChI=1S/C18H16FNO4S/c1-12(2)18(21)24-17-11-20(16-9-8-13(19)10-15(16)17)25(22,23)14-6-4-3-5-7-14/h3-12H,1-2H3. The van der Waals surface area contributed by atoms with Crippen molar-refractivity contribution in [3.05, 3.63) is 60.5 Å². The van der Waals surface area contributed by atoms with Crippen LogP contribution in [-0.2, 0) is 14.8 Å². The second kappa shape index (κ2) is 6.33. The van der Waals surface area contributed by atoms with Gasteiger partial charge in [-0.3, -0.25) is 4.79 Å². The van der Waals surface area contributed by atoms with E-state index in [9.17, 15) is 17.6 Å². The fourth-order valence-electron chi connectivity index (χ4n) is 2.36. The van der Waals surface area contributed by atoms with E-state index in [0.717, 1.165) is 16.1 Å². The lowest BCUT2D eigenvalue weighted by Crippen LogP contribution is -2.15. The van der Waals surface area contributed by atoms with Crippen molar-refractivity contribution < 1.29 is 22.3 Å². The Labute approximate surface area is 144 Å². The SMILES string of the molecule is CC(C)C(=O)Oc1cn(S(=O)(=O)c2ccccc2)c2ccc(F)cc12. The molecule has 0 N–H and O–H groups in total. The Bertz CT molecular complexity index is 1040. The van der Waals surface area contributed by atoms with Gasteiger partial charge in [0.1, 0.15) is 5.82 Å². The monoisotopic (exact) mass is 361 g/mol. The first-order chi connectivity index (χ1) is 11.8. The van der Waals surface area contributed by atoms with Crippen LogP contribution in [0.5, 0.6) is 5.75 Å². The van der Waals surface area contributed by atoms with Crippen molar-refractivity contribution in [1.82, 2.24) is 3.97 Å².